The molecule has 2 unspecified atom stereocenters. The van der Waals surface area contributed by atoms with E-state index in [0.29, 0.717) is 29.9 Å². The number of hydrogen-bond acceptors (Lipinski definition) is 7. The van der Waals surface area contributed by atoms with E-state index in [4.69, 9.17) is 14.5 Å². The third-order valence-electron chi connectivity index (χ3n) is 6.25. The second-order valence-corrected chi connectivity index (χ2v) is 11.0. The van der Waals surface area contributed by atoms with E-state index in [-0.39, 0.29) is 18.3 Å². The van der Waals surface area contributed by atoms with Crippen molar-refractivity contribution in [2.75, 3.05) is 6.79 Å². The fourth-order valence-corrected chi connectivity index (χ4v) is 6.79. The summed E-state index contributed by atoms with van der Waals surface area (Å²) in [6.07, 6.45) is 3.08. The lowest BCUT2D eigenvalue weighted by Crippen LogP contribution is -2.31. The Morgan fingerprint density at radius 1 is 1.36 bits per heavy atom. The topological polar surface area (TPSA) is 82.5 Å². The number of fused-ring (bicyclic) bond motifs is 4. The van der Waals surface area contributed by atoms with E-state index in [1.165, 1.54) is 22.2 Å². The minimum absolute atomic E-state index is 0.0185. The molecule has 1 aromatic carbocycles. The van der Waals surface area contributed by atoms with Gasteiger partial charge in [0, 0.05) is 18.0 Å². The van der Waals surface area contributed by atoms with Gasteiger partial charge in [0.1, 0.15) is 4.83 Å². The monoisotopic (exact) mass is 485 g/mol. The number of rotatable bonds is 6. The Balaban J connectivity index is 1.33. The van der Waals surface area contributed by atoms with Crippen LogP contribution in [0.4, 0.5) is 0 Å². The fourth-order valence-electron chi connectivity index (χ4n) is 4.37. The van der Waals surface area contributed by atoms with Crippen molar-refractivity contribution in [1.82, 2.24) is 14.9 Å². The van der Waals surface area contributed by atoms with Crippen molar-refractivity contribution >= 4 is 39.2 Å². The number of nitrogens with one attached hydrogen (secondary N) is 1. The first-order valence-electron chi connectivity index (χ1n) is 11.3. The van der Waals surface area contributed by atoms with Gasteiger partial charge in [-0.3, -0.25) is 14.2 Å². The largest absolute Gasteiger partial charge is 0.454 e. The van der Waals surface area contributed by atoms with Crippen LogP contribution in [0.25, 0.3) is 10.2 Å². The summed E-state index contributed by atoms with van der Waals surface area (Å²) in [4.78, 5) is 33.1. The quantitative estimate of drug-likeness (QED) is 0.418. The minimum atomic E-state index is -0.393. The van der Waals surface area contributed by atoms with Gasteiger partial charge in [-0.15, -0.1) is 11.3 Å². The summed E-state index contributed by atoms with van der Waals surface area (Å²) in [5.41, 5.74) is 2.15. The highest BCUT2D eigenvalue weighted by Crippen LogP contribution is 2.37. The van der Waals surface area contributed by atoms with Gasteiger partial charge in [-0.1, -0.05) is 24.8 Å². The average molecular weight is 486 g/mol. The minimum Gasteiger partial charge on any atom is -0.454 e. The molecule has 5 rings (SSSR count). The van der Waals surface area contributed by atoms with Gasteiger partial charge < -0.3 is 14.8 Å². The second kappa shape index (κ2) is 9.02. The van der Waals surface area contributed by atoms with Crippen LogP contribution in [-0.4, -0.2) is 27.5 Å². The van der Waals surface area contributed by atoms with Gasteiger partial charge in [0.25, 0.3) is 5.56 Å². The molecular formula is C24H27N3O4S2. The summed E-state index contributed by atoms with van der Waals surface area (Å²) in [6.45, 7) is 7.19. The molecule has 3 aromatic rings. The molecular weight excluding hydrogens is 458 g/mol. The van der Waals surface area contributed by atoms with Crippen LogP contribution in [0.1, 0.15) is 43.2 Å². The van der Waals surface area contributed by atoms with Gasteiger partial charge in [-0.05, 0) is 62.3 Å². The smallest absolute Gasteiger partial charge is 0.263 e. The maximum absolute atomic E-state index is 13.3. The molecule has 0 spiro atoms. The normalized spacial score (nSPS) is 17.7. The van der Waals surface area contributed by atoms with Gasteiger partial charge in [0.2, 0.25) is 12.7 Å². The van der Waals surface area contributed by atoms with Crippen LogP contribution < -0.4 is 20.3 Å². The van der Waals surface area contributed by atoms with Gasteiger partial charge in [-0.25, -0.2) is 4.98 Å². The number of nitrogens with zero attached hydrogens (tertiary/aromatic N) is 2. The van der Waals surface area contributed by atoms with E-state index in [2.05, 4.69) is 12.2 Å². The molecule has 1 amide bonds. The fraction of sp³-hybridized carbons (Fsp3) is 0.458. The van der Waals surface area contributed by atoms with Crippen LogP contribution in [0.5, 0.6) is 11.5 Å². The number of ether oxygens (including phenoxy) is 2. The molecule has 9 heteroatoms. The van der Waals surface area contributed by atoms with E-state index in [0.717, 1.165) is 40.8 Å². The molecule has 3 heterocycles. The molecule has 0 radical (unpaired) electrons. The molecule has 0 saturated carbocycles. The first-order valence-corrected chi connectivity index (χ1v) is 13.0. The molecule has 1 N–H and O–H groups in total. The molecule has 2 atom stereocenters. The van der Waals surface area contributed by atoms with Crippen molar-refractivity contribution in [3.63, 3.8) is 0 Å². The van der Waals surface area contributed by atoms with Gasteiger partial charge in [-0.2, -0.15) is 0 Å². The lowest BCUT2D eigenvalue weighted by molar-refractivity contribution is -0.120. The van der Waals surface area contributed by atoms with E-state index in [1.807, 2.05) is 32.0 Å². The number of carbonyl (C=O) groups is 1. The highest BCUT2D eigenvalue weighted by Gasteiger charge is 2.26. The molecule has 2 aromatic heterocycles. The van der Waals surface area contributed by atoms with Crippen LogP contribution in [0.15, 0.2) is 28.2 Å². The second-order valence-electron chi connectivity index (χ2n) is 8.64. The van der Waals surface area contributed by atoms with Crippen molar-refractivity contribution in [3.8, 4) is 11.5 Å². The molecule has 33 heavy (non-hydrogen) atoms. The van der Waals surface area contributed by atoms with E-state index in [9.17, 15) is 9.59 Å². The molecule has 2 aliphatic rings. The van der Waals surface area contributed by atoms with E-state index in [1.54, 1.807) is 15.9 Å². The third kappa shape index (κ3) is 4.24. The summed E-state index contributed by atoms with van der Waals surface area (Å²) in [7, 11) is 0. The predicted octanol–water partition coefficient (Wildman–Crippen LogP) is 4.13. The molecule has 0 fully saturated rings. The van der Waals surface area contributed by atoms with Gasteiger partial charge in [0.15, 0.2) is 16.7 Å². The zero-order valence-corrected chi connectivity index (χ0v) is 20.6. The molecule has 1 aliphatic heterocycles. The van der Waals surface area contributed by atoms with Crippen LogP contribution in [0.3, 0.4) is 0 Å². The Bertz CT molecular complexity index is 1280. The summed E-state index contributed by atoms with van der Waals surface area (Å²) in [5, 5.41) is 3.97. The molecule has 0 bridgehead atoms. The summed E-state index contributed by atoms with van der Waals surface area (Å²) in [5.74, 6) is 1.95. The van der Waals surface area contributed by atoms with E-state index < -0.39 is 5.25 Å². The Morgan fingerprint density at radius 3 is 3.00 bits per heavy atom. The van der Waals surface area contributed by atoms with Crippen molar-refractivity contribution in [2.24, 2.45) is 5.92 Å². The number of aromatic nitrogens is 2. The first kappa shape index (κ1) is 22.3. The number of amides is 1. The lowest BCUT2D eigenvalue weighted by atomic mass is 9.89. The first-order chi connectivity index (χ1) is 15.9. The zero-order chi connectivity index (χ0) is 23.1. The van der Waals surface area contributed by atoms with Crippen LogP contribution >= 0.6 is 23.1 Å². The van der Waals surface area contributed by atoms with Crippen LogP contribution in [0, 0.1) is 5.92 Å². The van der Waals surface area contributed by atoms with Crippen LogP contribution in [0.2, 0.25) is 0 Å². The van der Waals surface area contributed by atoms with Crippen molar-refractivity contribution in [2.45, 2.75) is 63.5 Å². The van der Waals surface area contributed by atoms with Crippen LogP contribution in [-0.2, 0) is 30.7 Å². The zero-order valence-electron chi connectivity index (χ0n) is 19.0. The van der Waals surface area contributed by atoms with Gasteiger partial charge in [0.05, 0.1) is 10.6 Å². The predicted molar refractivity (Wildman–Crippen MR) is 130 cm³/mol. The molecule has 174 valence electrons. The summed E-state index contributed by atoms with van der Waals surface area (Å²) in [6, 6.07) is 5.64. The summed E-state index contributed by atoms with van der Waals surface area (Å²) >= 11 is 2.98. The van der Waals surface area contributed by atoms with Crippen molar-refractivity contribution < 1.29 is 14.3 Å². The Kier molecular flexibility index (Phi) is 6.09. The standard InChI is InChI=1S/C24H27N3O4S2/c1-4-27-23(29)20-16-7-5-13(2)9-19(16)33-22(20)26-24(27)32-14(3)21(28)25-11-15-6-8-17-18(10-15)31-12-30-17/h6,8,10,13-14H,4-5,7,9,11-12H2,1-3H3,(H,25,28). The molecule has 7 nitrogen and oxygen atoms in total. The molecule has 0 saturated heterocycles. The lowest BCUT2D eigenvalue weighted by Gasteiger charge is -2.18. The van der Waals surface area contributed by atoms with Crippen molar-refractivity contribution in [1.29, 1.82) is 0 Å². The third-order valence-corrected chi connectivity index (χ3v) is 8.49. The molecule has 1 aliphatic carbocycles. The summed E-state index contributed by atoms with van der Waals surface area (Å²) < 4.78 is 12.4. The number of carbonyl (C=O) groups excluding carboxylic acids is 1. The van der Waals surface area contributed by atoms with Gasteiger partial charge >= 0.3 is 0 Å². The Hall–Kier alpha value is -2.52. The SMILES string of the molecule is CCn1c(SC(C)C(=O)NCc2ccc3c(c2)OCO3)nc2sc3c(c2c1=O)CCC(C)C3. The maximum Gasteiger partial charge on any atom is 0.263 e. The maximum atomic E-state index is 13.3. The number of thiophene rings is 1. The Labute approximate surface area is 200 Å². The van der Waals surface area contributed by atoms with Crippen molar-refractivity contribution in [3.05, 3.63) is 44.6 Å². The van der Waals surface area contributed by atoms with E-state index >= 15 is 0 Å². The number of aryl methyl sites for hydroxylation is 1. The number of hydrogen-bond donors (Lipinski definition) is 1. The number of thioether (sulfide) groups is 1. The number of benzene rings is 1. The average Bonchev–Trinajstić information content (AvgIpc) is 3.40. The highest BCUT2D eigenvalue weighted by molar-refractivity contribution is 8.00. The Morgan fingerprint density at radius 2 is 2.18 bits per heavy atom. The highest BCUT2D eigenvalue weighted by atomic mass is 32.2.